The smallest absolute Gasteiger partial charge is 0.211 e. The number of benzene rings is 1. The second-order valence-corrected chi connectivity index (χ2v) is 9.22. The molecule has 0 aliphatic carbocycles. The molecule has 0 atom stereocenters. The summed E-state index contributed by atoms with van der Waals surface area (Å²) < 4.78 is 30.5. The molecule has 0 unspecified atom stereocenters. The second kappa shape index (κ2) is 9.58. The Morgan fingerprint density at radius 1 is 1.00 bits per heavy atom. The van der Waals surface area contributed by atoms with Crippen molar-refractivity contribution in [2.45, 2.75) is 80.1 Å². The first kappa shape index (κ1) is 26.2. The molecule has 0 aliphatic rings. The number of sulfonamides is 1. The van der Waals surface area contributed by atoms with Gasteiger partial charge in [-0.2, -0.15) is 4.72 Å². The summed E-state index contributed by atoms with van der Waals surface area (Å²) in [6, 6.07) is 6.25. The van der Waals surface area contributed by atoms with Crippen LogP contribution in [-0.4, -0.2) is 21.4 Å². The lowest BCUT2D eigenvalue weighted by molar-refractivity contribution is 0.300. The Morgan fingerprint density at radius 2 is 1.52 bits per heavy atom. The number of nitrogens with one attached hydrogen (secondary N) is 1. The summed E-state index contributed by atoms with van der Waals surface area (Å²) >= 11 is 0. The highest BCUT2D eigenvalue weighted by Crippen LogP contribution is 2.38. The third-order valence-electron chi connectivity index (χ3n) is 4.81. The van der Waals surface area contributed by atoms with E-state index < -0.39 is 10.0 Å². The molecule has 0 saturated carbocycles. The Bertz CT molecular complexity index is 634. The summed E-state index contributed by atoms with van der Waals surface area (Å²) in [5, 5.41) is 0. The minimum Gasteiger partial charge on any atom is -0.477 e. The molecular formula is C20H39NO3S. The van der Waals surface area contributed by atoms with Crippen LogP contribution in [0.1, 0.15) is 80.4 Å². The lowest BCUT2D eigenvalue weighted by Crippen LogP contribution is -2.28. The molecule has 0 bridgehead atoms. The van der Waals surface area contributed by atoms with E-state index in [9.17, 15) is 8.42 Å². The average molecular weight is 374 g/mol. The predicted molar refractivity (Wildman–Crippen MR) is 110 cm³/mol. The van der Waals surface area contributed by atoms with Gasteiger partial charge in [-0.3, -0.25) is 0 Å². The molecule has 0 spiro atoms. The first-order valence-corrected chi connectivity index (χ1v) is 10.0. The highest BCUT2D eigenvalue weighted by Gasteiger charge is 2.26. The van der Waals surface area contributed by atoms with Crippen LogP contribution in [0.15, 0.2) is 18.2 Å². The van der Waals surface area contributed by atoms with E-state index in [-0.39, 0.29) is 32.4 Å². The topological polar surface area (TPSA) is 55.4 Å². The van der Waals surface area contributed by atoms with Gasteiger partial charge in [-0.05, 0) is 35.3 Å². The standard InChI is InChI=1S/C18H31NO3S.2CH4/c1-8-17(3,4)14-10-11-16(22-13-19-23(7,20)21)15(12-14)18(5,6)9-2;;/h10-12,19H,8-9,13H2,1-7H3;2*1H4. The Kier molecular flexibility index (Phi) is 10.0. The molecular weight excluding hydrogens is 334 g/mol. The van der Waals surface area contributed by atoms with Gasteiger partial charge in [-0.1, -0.05) is 68.5 Å². The van der Waals surface area contributed by atoms with Crippen LogP contribution < -0.4 is 9.46 Å². The fraction of sp³-hybridized carbons (Fsp3) is 0.700. The maximum absolute atomic E-state index is 11.2. The molecule has 5 heteroatoms. The van der Waals surface area contributed by atoms with Crippen molar-refractivity contribution in [3.05, 3.63) is 29.3 Å². The van der Waals surface area contributed by atoms with Gasteiger partial charge in [0, 0.05) is 5.56 Å². The third-order valence-corrected chi connectivity index (χ3v) is 5.45. The predicted octanol–water partition coefficient (Wildman–Crippen LogP) is 5.22. The largest absolute Gasteiger partial charge is 0.477 e. The molecule has 4 nitrogen and oxygen atoms in total. The van der Waals surface area contributed by atoms with Crippen LogP contribution in [0.3, 0.4) is 0 Å². The molecule has 0 aromatic heterocycles. The van der Waals surface area contributed by atoms with Crippen LogP contribution in [0.5, 0.6) is 5.75 Å². The maximum Gasteiger partial charge on any atom is 0.211 e. The SMILES string of the molecule is C.C.CCC(C)(C)c1ccc(OCNS(C)(=O)=O)c(C(C)(C)CC)c1. The minimum absolute atomic E-state index is 0. The zero-order valence-electron chi connectivity index (χ0n) is 15.5. The van der Waals surface area contributed by atoms with E-state index in [4.69, 9.17) is 4.74 Å². The third kappa shape index (κ3) is 7.37. The van der Waals surface area contributed by atoms with Crippen molar-refractivity contribution in [3.63, 3.8) is 0 Å². The molecule has 1 rings (SSSR count). The Balaban J connectivity index is 0. The molecule has 1 aromatic rings. The fourth-order valence-electron chi connectivity index (χ4n) is 2.21. The molecule has 148 valence electrons. The monoisotopic (exact) mass is 373 g/mol. The van der Waals surface area contributed by atoms with Crippen molar-refractivity contribution in [3.8, 4) is 5.75 Å². The lowest BCUT2D eigenvalue weighted by Gasteiger charge is -2.30. The number of hydrogen-bond acceptors (Lipinski definition) is 3. The van der Waals surface area contributed by atoms with Crippen molar-refractivity contribution in [2.75, 3.05) is 13.0 Å². The van der Waals surface area contributed by atoms with Gasteiger partial charge in [0.25, 0.3) is 0 Å². The van der Waals surface area contributed by atoms with Crippen molar-refractivity contribution >= 4 is 10.0 Å². The first-order valence-electron chi connectivity index (χ1n) is 8.15. The summed E-state index contributed by atoms with van der Waals surface area (Å²) in [6.07, 6.45) is 3.15. The highest BCUT2D eigenvalue weighted by atomic mass is 32.2. The van der Waals surface area contributed by atoms with Gasteiger partial charge in [-0.25, -0.2) is 8.42 Å². The van der Waals surface area contributed by atoms with Crippen LogP contribution in [0.2, 0.25) is 0 Å². The van der Waals surface area contributed by atoms with Gasteiger partial charge in [0.05, 0.1) is 6.26 Å². The first-order chi connectivity index (χ1) is 10.4. The van der Waals surface area contributed by atoms with Gasteiger partial charge in [-0.15, -0.1) is 0 Å². The van der Waals surface area contributed by atoms with Gasteiger partial charge < -0.3 is 4.74 Å². The van der Waals surface area contributed by atoms with Crippen LogP contribution >= 0.6 is 0 Å². The van der Waals surface area contributed by atoms with Crippen LogP contribution in [-0.2, 0) is 20.9 Å². The van der Waals surface area contributed by atoms with E-state index >= 15 is 0 Å². The molecule has 0 amide bonds. The molecule has 0 aliphatic heterocycles. The molecule has 1 N–H and O–H groups in total. The van der Waals surface area contributed by atoms with Gasteiger partial charge >= 0.3 is 0 Å². The Labute approximate surface area is 156 Å². The quantitative estimate of drug-likeness (QED) is 0.636. The van der Waals surface area contributed by atoms with Crippen molar-refractivity contribution in [1.29, 1.82) is 0 Å². The highest BCUT2D eigenvalue weighted by molar-refractivity contribution is 7.88. The molecule has 0 heterocycles. The number of rotatable bonds is 8. The molecule has 1 aromatic carbocycles. The van der Waals surface area contributed by atoms with Gasteiger partial charge in [0.15, 0.2) is 6.73 Å². The van der Waals surface area contributed by atoms with E-state index in [0.29, 0.717) is 0 Å². The number of hydrogen-bond donors (Lipinski definition) is 1. The van der Waals surface area contributed by atoms with E-state index in [0.717, 1.165) is 30.4 Å². The second-order valence-electron chi connectivity index (χ2n) is 7.39. The van der Waals surface area contributed by atoms with Crippen LogP contribution in [0.25, 0.3) is 0 Å². The molecule has 0 saturated heterocycles. The normalized spacial score (nSPS) is 12.1. The fourth-order valence-corrected chi connectivity index (χ4v) is 2.49. The summed E-state index contributed by atoms with van der Waals surface area (Å²) in [5.41, 5.74) is 2.46. The summed E-state index contributed by atoms with van der Waals surface area (Å²) in [7, 11) is -3.26. The zero-order valence-corrected chi connectivity index (χ0v) is 16.3. The summed E-state index contributed by atoms with van der Waals surface area (Å²) in [5.74, 6) is 0.739. The Morgan fingerprint density at radius 3 is 1.96 bits per heavy atom. The van der Waals surface area contributed by atoms with E-state index in [1.807, 2.05) is 6.07 Å². The van der Waals surface area contributed by atoms with E-state index in [2.05, 4.69) is 58.4 Å². The van der Waals surface area contributed by atoms with Gasteiger partial charge in [0.1, 0.15) is 5.75 Å². The average Bonchev–Trinajstić information content (AvgIpc) is 2.46. The Hall–Kier alpha value is -1.07. The van der Waals surface area contributed by atoms with Crippen molar-refractivity contribution < 1.29 is 13.2 Å². The number of ether oxygens (including phenoxy) is 1. The van der Waals surface area contributed by atoms with E-state index in [1.54, 1.807) is 0 Å². The molecule has 0 fully saturated rings. The zero-order chi connectivity index (χ0) is 17.9. The van der Waals surface area contributed by atoms with Gasteiger partial charge in [0.2, 0.25) is 10.0 Å². The van der Waals surface area contributed by atoms with Crippen LogP contribution in [0.4, 0.5) is 0 Å². The van der Waals surface area contributed by atoms with Crippen molar-refractivity contribution in [2.24, 2.45) is 0 Å². The summed E-state index contributed by atoms with van der Waals surface area (Å²) in [4.78, 5) is 0. The molecule has 25 heavy (non-hydrogen) atoms. The maximum atomic E-state index is 11.2. The minimum atomic E-state index is -3.26. The van der Waals surface area contributed by atoms with E-state index in [1.165, 1.54) is 5.56 Å². The van der Waals surface area contributed by atoms with Crippen LogP contribution in [0, 0.1) is 0 Å². The lowest BCUT2D eigenvalue weighted by atomic mass is 9.76. The molecule has 0 radical (unpaired) electrons. The summed E-state index contributed by atoms with van der Waals surface area (Å²) in [6.45, 7) is 13.1. The van der Waals surface area contributed by atoms with Crippen molar-refractivity contribution in [1.82, 2.24) is 4.72 Å².